The number of hydrogen-bond acceptors (Lipinski definition) is 2. The summed E-state index contributed by atoms with van der Waals surface area (Å²) in [4.78, 5) is 2.03. The van der Waals surface area contributed by atoms with Crippen LogP contribution in [0.5, 0.6) is 0 Å². The molecule has 74 valence electrons. The molecule has 0 bridgehead atoms. The van der Waals surface area contributed by atoms with Gasteiger partial charge in [0.25, 0.3) is 0 Å². The van der Waals surface area contributed by atoms with E-state index in [1.807, 2.05) is 11.9 Å². The molecule has 0 N–H and O–H groups in total. The Labute approximate surface area is 85.8 Å². The third-order valence-corrected chi connectivity index (χ3v) is 2.24. The van der Waals surface area contributed by atoms with Crippen molar-refractivity contribution in [1.82, 2.24) is 4.90 Å². The Morgan fingerprint density at radius 3 is 2.50 bits per heavy atom. The van der Waals surface area contributed by atoms with E-state index >= 15 is 0 Å². The van der Waals surface area contributed by atoms with Crippen molar-refractivity contribution in [1.29, 1.82) is 5.26 Å². The molecule has 0 spiro atoms. The zero-order chi connectivity index (χ0) is 10.4. The fourth-order valence-electron chi connectivity index (χ4n) is 1.27. The first-order valence-electron chi connectivity index (χ1n) is 4.83. The lowest BCUT2D eigenvalue weighted by atomic mass is 10.1. The predicted octanol–water partition coefficient (Wildman–Crippen LogP) is 1.99. The second-order valence-corrected chi connectivity index (χ2v) is 3.63. The van der Waals surface area contributed by atoms with Crippen LogP contribution in [0.25, 0.3) is 0 Å². The van der Waals surface area contributed by atoms with Gasteiger partial charge >= 0.3 is 0 Å². The SMILES string of the molecule is Cc1ccc(CCN(C)CC#N)cc1. The van der Waals surface area contributed by atoms with Gasteiger partial charge in [0.2, 0.25) is 0 Å². The van der Waals surface area contributed by atoms with E-state index in [1.54, 1.807) is 0 Å². The van der Waals surface area contributed by atoms with Crippen LogP contribution in [0, 0.1) is 18.3 Å². The molecule has 0 aliphatic rings. The Kier molecular flexibility index (Phi) is 4.15. The molecule has 0 aromatic heterocycles. The van der Waals surface area contributed by atoms with E-state index in [4.69, 9.17) is 5.26 Å². The molecule has 0 fully saturated rings. The second-order valence-electron chi connectivity index (χ2n) is 3.63. The van der Waals surface area contributed by atoms with Crippen LogP contribution in [0.4, 0.5) is 0 Å². The Bertz CT molecular complexity index is 308. The van der Waals surface area contributed by atoms with Crippen LogP contribution in [0.1, 0.15) is 11.1 Å². The number of nitrogens with zero attached hydrogens (tertiary/aromatic N) is 2. The molecule has 1 aromatic carbocycles. The molecule has 0 aliphatic carbocycles. The highest BCUT2D eigenvalue weighted by Gasteiger charge is 1.97. The van der Waals surface area contributed by atoms with E-state index in [-0.39, 0.29) is 0 Å². The summed E-state index contributed by atoms with van der Waals surface area (Å²) in [6.07, 6.45) is 1.01. The van der Waals surface area contributed by atoms with Gasteiger partial charge in [-0.25, -0.2) is 0 Å². The van der Waals surface area contributed by atoms with Gasteiger partial charge in [-0.1, -0.05) is 29.8 Å². The van der Waals surface area contributed by atoms with Crippen molar-refractivity contribution in [3.63, 3.8) is 0 Å². The zero-order valence-corrected chi connectivity index (χ0v) is 8.83. The monoisotopic (exact) mass is 188 g/mol. The standard InChI is InChI=1S/C12H16N2/c1-11-3-5-12(6-4-11)7-9-14(2)10-8-13/h3-6H,7,9-10H2,1-2H3. The van der Waals surface area contributed by atoms with E-state index in [0.29, 0.717) is 6.54 Å². The van der Waals surface area contributed by atoms with Crippen LogP contribution in [-0.4, -0.2) is 25.0 Å². The molecule has 0 saturated heterocycles. The molecule has 0 radical (unpaired) electrons. The first-order valence-corrected chi connectivity index (χ1v) is 4.83. The molecular weight excluding hydrogens is 172 g/mol. The first kappa shape index (κ1) is 10.7. The average molecular weight is 188 g/mol. The van der Waals surface area contributed by atoms with Gasteiger partial charge in [0.15, 0.2) is 0 Å². The third kappa shape index (κ3) is 3.59. The predicted molar refractivity (Wildman–Crippen MR) is 58.0 cm³/mol. The van der Waals surface area contributed by atoms with E-state index in [0.717, 1.165) is 13.0 Å². The van der Waals surface area contributed by atoms with Crippen molar-refractivity contribution in [2.75, 3.05) is 20.1 Å². The number of benzene rings is 1. The summed E-state index contributed by atoms with van der Waals surface area (Å²) in [5.74, 6) is 0. The van der Waals surface area contributed by atoms with Gasteiger partial charge < -0.3 is 0 Å². The highest BCUT2D eigenvalue weighted by atomic mass is 15.1. The highest BCUT2D eigenvalue weighted by Crippen LogP contribution is 2.04. The molecule has 0 heterocycles. The Morgan fingerprint density at radius 1 is 1.29 bits per heavy atom. The summed E-state index contributed by atoms with van der Waals surface area (Å²) < 4.78 is 0. The lowest BCUT2D eigenvalue weighted by molar-refractivity contribution is 0.379. The Balaban J connectivity index is 2.39. The minimum Gasteiger partial charge on any atom is -0.293 e. The van der Waals surface area contributed by atoms with Crippen LogP contribution in [-0.2, 0) is 6.42 Å². The van der Waals surface area contributed by atoms with E-state index < -0.39 is 0 Å². The van der Waals surface area contributed by atoms with Gasteiger partial charge in [-0.3, -0.25) is 4.90 Å². The quantitative estimate of drug-likeness (QED) is 0.676. The molecule has 14 heavy (non-hydrogen) atoms. The van der Waals surface area contributed by atoms with Crippen molar-refractivity contribution in [2.24, 2.45) is 0 Å². The average Bonchev–Trinajstić information content (AvgIpc) is 2.17. The number of aryl methyl sites for hydroxylation is 1. The zero-order valence-electron chi connectivity index (χ0n) is 8.83. The topological polar surface area (TPSA) is 27.0 Å². The largest absolute Gasteiger partial charge is 0.293 e. The van der Waals surface area contributed by atoms with Gasteiger partial charge in [-0.15, -0.1) is 0 Å². The smallest absolute Gasteiger partial charge is 0.0863 e. The summed E-state index contributed by atoms with van der Waals surface area (Å²) in [6, 6.07) is 10.7. The van der Waals surface area contributed by atoms with Crippen molar-refractivity contribution in [3.8, 4) is 6.07 Å². The van der Waals surface area contributed by atoms with Gasteiger partial charge in [0.05, 0.1) is 12.6 Å². The molecule has 1 rings (SSSR count). The molecule has 1 aromatic rings. The van der Waals surface area contributed by atoms with E-state index in [9.17, 15) is 0 Å². The highest BCUT2D eigenvalue weighted by molar-refractivity contribution is 5.21. The molecule has 2 heteroatoms. The summed E-state index contributed by atoms with van der Waals surface area (Å²) in [6.45, 7) is 3.54. The molecule has 0 aliphatic heterocycles. The third-order valence-electron chi connectivity index (χ3n) is 2.24. The summed E-state index contributed by atoms with van der Waals surface area (Å²) in [7, 11) is 1.97. The number of likely N-dealkylation sites (N-methyl/N-ethyl adjacent to an activating group) is 1. The van der Waals surface area contributed by atoms with Crippen LogP contribution in [0.3, 0.4) is 0 Å². The maximum atomic E-state index is 8.48. The van der Waals surface area contributed by atoms with Crippen molar-refractivity contribution in [3.05, 3.63) is 35.4 Å². The Hall–Kier alpha value is -1.33. The molecule has 0 atom stereocenters. The van der Waals surface area contributed by atoms with Crippen LogP contribution in [0.15, 0.2) is 24.3 Å². The number of hydrogen-bond donors (Lipinski definition) is 0. The van der Waals surface area contributed by atoms with Crippen molar-refractivity contribution in [2.45, 2.75) is 13.3 Å². The van der Waals surface area contributed by atoms with E-state index in [2.05, 4.69) is 37.3 Å². The van der Waals surface area contributed by atoms with Gasteiger partial charge in [0, 0.05) is 6.54 Å². The summed E-state index contributed by atoms with van der Waals surface area (Å²) in [5, 5.41) is 8.48. The van der Waals surface area contributed by atoms with Crippen LogP contribution in [0.2, 0.25) is 0 Å². The molecular formula is C12H16N2. The molecule has 0 unspecified atom stereocenters. The minimum absolute atomic E-state index is 0.506. The minimum atomic E-state index is 0.506. The molecule has 0 saturated carbocycles. The fourth-order valence-corrected chi connectivity index (χ4v) is 1.27. The van der Waals surface area contributed by atoms with Gasteiger partial charge in [-0.05, 0) is 26.0 Å². The number of rotatable bonds is 4. The summed E-state index contributed by atoms with van der Waals surface area (Å²) >= 11 is 0. The van der Waals surface area contributed by atoms with Crippen molar-refractivity contribution >= 4 is 0 Å². The lowest BCUT2D eigenvalue weighted by Gasteiger charge is -2.11. The first-order chi connectivity index (χ1) is 6.72. The van der Waals surface area contributed by atoms with Crippen molar-refractivity contribution < 1.29 is 0 Å². The normalized spacial score (nSPS) is 10.1. The number of nitriles is 1. The van der Waals surface area contributed by atoms with Gasteiger partial charge in [-0.2, -0.15) is 5.26 Å². The van der Waals surface area contributed by atoms with Gasteiger partial charge in [0.1, 0.15) is 0 Å². The maximum absolute atomic E-state index is 8.48. The maximum Gasteiger partial charge on any atom is 0.0863 e. The summed E-state index contributed by atoms with van der Waals surface area (Å²) in [5.41, 5.74) is 2.62. The van der Waals surface area contributed by atoms with Crippen LogP contribution < -0.4 is 0 Å². The van der Waals surface area contributed by atoms with Crippen LogP contribution >= 0.6 is 0 Å². The lowest BCUT2D eigenvalue weighted by Crippen LogP contribution is -2.21. The second kappa shape index (κ2) is 5.41. The Morgan fingerprint density at radius 2 is 1.93 bits per heavy atom. The van der Waals surface area contributed by atoms with E-state index in [1.165, 1.54) is 11.1 Å². The fraction of sp³-hybridized carbons (Fsp3) is 0.417. The molecule has 2 nitrogen and oxygen atoms in total. The molecule has 0 amide bonds.